The van der Waals surface area contributed by atoms with Crippen LogP contribution in [0.3, 0.4) is 0 Å². The van der Waals surface area contributed by atoms with Gasteiger partial charge in [0.1, 0.15) is 0 Å². The van der Waals surface area contributed by atoms with Gasteiger partial charge in [0, 0.05) is 25.2 Å². The van der Waals surface area contributed by atoms with Gasteiger partial charge in [-0.15, -0.1) is 0 Å². The van der Waals surface area contributed by atoms with Crippen molar-refractivity contribution in [3.05, 3.63) is 23.3 Å². The largest absolute Gasteiger partial charge is 0.493 e. The van der Waals surface area contributed by atoms with Crippen LogP contribution >= 0.6 is 0 Å². The average Bonchev–Trinajstić information content (AvgIpc) is 2.45. The Hall–Kier alpha value is -1.30. The summed E-state index contributed by atoms with van der Waals surface area (Å²) in [6.07, 6.45) is 0.956. The Morgan fingerprint density at radius 3 is 2.40 bits per heavy atom. The summed E-state index contributed by atoms with van der Waals surface area (Å²) in [5.74, 6) is 1.53. The zero-order chi connectivity index (χ0) is 14.8. The van der Waals surface area contributed by atoms with E-state index in [9.17, 15) is 5.11 Å². The Balaban J connectivity index is 2.17. The van der Waals surface area contributed by atoms with E-state index in [4.69, 9.17) is 15.2 Å². The molecule has 1 aromatic carbocycles. The van der Waals surface area contributed by atoms with Crippen molar-refractivity contribution in [3.8, 4) is 11.5 Å². The van der Waals surface area contributed by atoms with Crippen LogP contribution in [0, 0.1) is 0 Å². The van der Waals surface area contributed by atoms with Gasteiger partial charge in [0.15, 0.2) is 11.5 Å². The van der Waals surface area contributed by atoms with Crippen molar-refractivity contribution in [1.29, 1.82) is 0 Å². The number of benzene rings is 1. The van der Waals surface area contributed by atoms with Crippen molar-refractivity contribution in [1.82, 2.24) is 4.90 Å². The molecule has 0 saturated carbocycles. The van der Waals surface area contributed by atoms with E-state index < -0.39 is 5.54 Å². The molecule has 0 fully saturated rings. The molecule has 0 bridgehead atoms. The summed E-state index contributed by atoms with van der Waals surface area (Å²) >= 11 is 0. The van der Waals surface area contributed by atoms with E-state index in [0.717, 1.165) is 31.0 Å². The first kappa shape index (κ1) is 15.1. The quantitative estimate of drug-likeness (QED) is 0.834. The second-order valence-corrected chi connectivity index (χ2v) is 5.75. The highest BCUT2D eigenvalue weighted by Crippen LogP contribution is 2.33. The summed E-state index contributed by atoms with van der Waals surface area (Å²) < 4.78 is 10.7. The third-order valence-corrected chi connectivity index (χ3v) is 3.74. The SMILES string of the molecule is COc1cc2c(cc1OC)CN(CC(C)(N)CO)CC2. The fourth-order valence-electron chi connectivity index (χ4n) is 2.64. The lowest BCUT2D eigenvalue weighted by Gasteiger charge is -2.34. The maximum absolute atomic E-state index is 9.28. The van der Waals surface area contributed by atoms with Crippen molar-refractivity contribution in [2.24, 2.45) is 5.73 Å². The van der Waals surface area contributed by atoms with E-state index in [1.165, 1.54) is 11.1 Å². The maximum Gasteiger partial charge on any atom is 0.161 e. The molecule has 5 heteroatoms. The van der Waals surface area contributed by atoms with Gasteiger partial charge in [0.25, 0.3) is 0 Å². The number of nitrogens with two attached hydrogens (primary N) is 1. The molecule has 1 heterocycles. The first-order valence-corrected chi connectivity index (χ1v) is 6.85. The van der Waals surface area contributed by atoms with Gasteiger partial charge < -0.3 is 20.3 Å². The molecular formula is C15H24N2O3. The van der Waals surface area contributed by atoms with Crippen LogP contribution in [0.5, 0.6) is 11.5 Å². The zero-order valence-corrected chi connectivity index (χ0v) is 12.5. The number of hydrogen-bond donors (Lipinski definition) is 2. The van der Waals surface area contributed by atoms with Crippen molar-refractivity contribution in [3.63, 3.8) is 0 Å². The lowest BCUT2D eigenvalue weighted by Crippen LogP contribution is -2.51. The summed E-state index contributed by atoms with van der Waals surface area (Å²) in [5, 5.41) is 9.28. The molecule has 1 aliphatic rings. The molecule has 2 rings (SSSR count). The van der Waals surface area contributed by atoms with Crippen LogP contribution in [0.25, 0.3) is 0 Å². The van der Waals surface area contributed by atoms with Gasteiger partial charge in [0.2, 0.25) is 0 Å². The van der Waals surface area contributed by atoms with Gasteiger partial charge in [-0.05, 0) is 36.6 Å². The third-order valence-electron chi connectivity index (χ3n) is 3.74. The van der Waals surface area contributed by atoms with Gasteiger partial charge in [-0.1, -0.05) is 0 Å². The number of fused-ring (bicyclic) bond motifs is 1. The van der Waals surface area contributed by atoms with Crippen molar-refractivity contribution >= 4 is 0 Å². The normalized spacial score (nSPS) is 18.2. The summed E-state index contributed by atoms with van der Waals surface area (Å²) in [6, 6.07) is 4.09. The zero-order valence-electron chi connectivity index (χ0n) is 12.5. The molecule has 0 spiro atoms. The standard InChI is InChI=1S/C15H24N2O3/c1-15(16,10-18)9-17-5-4-11-6-13(19-2)14(20-3)7-12(11)8-17/h6-7,18H,4-5,8-10,16H2,1-3H3. The molecule has 1 aliphatic heterocycles. The van der Waals surface area contributed by atoms with Crippen LogP contribution in [0.15, 0.2) is 12.1 Å². The molecular weight excluding hydrogens is 256 g/mol. The minimum absolute atomic E-state index is 0.0116. The Morgan fingerprint density at radius 1 is 1.25 bits per heavy atom. The van der Waals surface area contributed by atoms with E-state index >= 15 is 0 Å². The molecule has 20 heavy (non-hydrogen) atoms. The fourth-order valence-corrected chi connectivity index (χ4v) is 2.64. The van der Waals surface area contributed by atoms with Crippen molar-refractivity contribution in [2.75, 3.05) is 33.9 Å². The number of methoxy groups -OCH3 is 2. The highest BCUT2D eigenvalue weighted by Gasteiger charge is 2.25. The minimum Gasteiger partial charge on any atom is -0.493 e. The van der Waals surface area contributed by atoms with Crippen LogP contribution in [-0.2, 0) is 13.0 Å². The number of rotatable bonds is 5. The molecule has 3 N–H and O–H groups in total. The summed E-state index contributed by atoms with van der Waals surface area (Å²) in [5.41, 5.74) is 8.00. The predicted molar refractivity (Wildman–Crippen MR) is 78.2 cm³/mol. The topological polar surface area (TPSA) is 68.0 Å². The molecule has 0 radical (unpaired) electrons. The summed E-state index contributed by atoms with van der Waals surface area (Å²) in [7, 11) is 3.30. The molecule has 1 atom stereocenters. The second kappa shape index (κ2) is 5.99. The molecule has 0 saturated heterocycles. The van der Waals surface area contributed by atoms with Gasteiger partial charge in [-0.3, -0.25) is 4.90 Å². The Labute approximate surface area is 120 Å². The van der Waals surface area contributed by atoms with E-state index in [1.807, 2.05) is 13.0 Å². The molecule has 0 aliphatic carbocycles. The van der Waals surface area contributed by atoms with Crippen LogP contribution in [0.1, 0.15) is 18.1 Å². The van der Waals surface area contributed by atoms with Crippen molar-refractivity contribution in [2.45, 2.75) is 25.4 Å². The lowest BCUT2D eigenvalue weighted by molar-refractivity contribution is 0.139. The summed E-state index contributed by atoms with van der Waals surface area (Å²) in [4.78, 5) is 2.27. The van der Waals surface area contributed by atoms with Gasteiger partial charge in [-0.2, -0.15) is 0 Å². The molecule has 5 nitrogen and oxygen atoms in total. The smallest absolute Gasteiger partial charge is 0.161 e. The van der Waals surface area contributed by atoms with Crippen molar-refractivity contribution < 1.29 is 14.6 Å². The fraction of sp³-hybridized carbons (Fsp3) is 0.600. The first-order chi connectivity index (χ1) is 9.49. The minimum atomic E-state index is -0.561. The molecule has 1 aromatic rings. The maximum atomic E-state index is 9.28. The Bertz CT molecular complexity index is 474. The second-order valence-electron chi connectivity index (χ2n) is 5.75. The van der Waals surface area contributed by atoms with Gasteiger partial charge in [0.05, 0.1) is 20.8 Å². The Morgan fingerprint density at radius 2 is 1.85 bits per heavy atom. The molecule has 1 unspecified atom stereocenters. The molecule has 0 aromatic heterocycles. The number of aliphatic hydroxyl groups is 1. The van der Waals surface area contributed by atoms with Gasteiger partial charge in [-0.25, -0.2) is 0 Å². The van der Waals surface area contributed by atoms with Crippen LogP contribution in [0.2, 0.25) is 0 Å². The lowest BCUT2D eigenvalue weighted by atomic mass is 9.96. The number of aliphatic hydroxyl groups excluding tert-OH is 1. The Kier molecular flexibility index (Phi) is 4.52. The monoisotopic (exact) mass is 280 g/mol. The van der Waals surface area contributed by atoms with E-state index in [1.54, 1.807) is 14.2 Å². The van der Waals surface area contributed by atoms with E-state index in [-0.39, 0.29) is 6.61 Å². The van der Waals surface area contributed by atoms with E-state index in [2.05, 4.69) is 11.0 Å². The van der Waals surface area contributed by atoms with Crippen LogP contribution < -0.4 is 15.2 Å². The molecule has 112 valence electrons. The van der Waals surface area contributed by atoms with Crippen LogP contribution in [0.4, 0.5) is 0 Å². The van der Waals surface area contributed by atoms with E-state index in [0.29, 0.717) is 6.54 Å². The van der Waals surface area contributed by atoms with Gasteiger partial charge >= 0.3 is 0 Å². The highest BCUT2D eigenvalue weighted by atomic mass is 16.5. The highest BCUT2D eigenvalue weighted by molar-refractivity contribution is 5.48. The predicted octanol–water partition coefficient (Wildman–Crippen LogP) is 0.772. The molecule has 0 amide bonds. The first-order valence-electron chi connectivity index (χ1n) is 6.85. The van der Waals surface area contributed by atoms with Crippen LogP contribution in [-0.4, -0.2) is 49.5 Å². The number of hydrogen-bond acceptors (Lipinski definition) is 5. The number of ether oxygens (including phenoxy) is 2. The summed E-state index contributed by atoms with van der Waals surface area (Å²) in [6.45, 7) is 4.30. The average molecular weight is 280 g/mol. The number of nitrogens with zero attached hydrogens (tertiary/aromatic N) is 1. The third kappa shape index (κ3) is 3.23.